The second kappa shape index (κ2) is 8.56. The highest BCUT2D eigenvalue weighted by atomic mass is 31.2. The minimum absolute atomic E-state index is 0.402. The molecule has 136 valence electrons. The Kier molecular flexibility index (Phi) is 6.16. The van der Waals surface area contributed by atoms with Crippen LogP contribution in [0.2, 0.25) is 0 Å². The Morgan fingerprint density at radius 3 is 1.69 bits per heavy atom. The van der Waals surface area contributed by atoms with E-state index in [1.54, 1.807) is 0 Å². The van der Waals surface area contributed by atoms with Crippen molar-refractivity contribution in [3.63, 3.8) is 0 Å². The summed E-state index contributed by atoms with van der Waals surface area (Å²) in [5, 5.41) is 1.14. The average Bonchev–Trinajstić information content (AvgIpc) is 3.16. The lowest BCUT2D eigenvalue weighted by molar-refractivity contribution is 0.488. The topological polar surface area (TPSA) is 18.5 Å². The van der Waals surface area contributed by atoms with Gasteiger partial charge in [-0.2, -0.15) is 0 Å². The second-order valence-corrected chi connectivity index (χ2v) is 8.49. The van der Waals surface area contributed by atoms with Crippen molar-refractivity contribution in [2.45, 2.75) is 46.0 Å². The normalized spacial score (nSPS) is 13.6. The van der Waals surface area contributed by atoms with Crippen LogP contribution in [0, 0.1) is 0 Å². The number of benzene rings is 2. The Bertz CT molecular complexity index is 752. The molecule has 0 fully saturated rings. The van der Waals surface area contributed by atoms with Crippen molar-refractivity contribution in [1.82, 2.24) is 0 Å². The monoisotopic (exact) mass is 366 g/mol. The van der Waals surface area contributed by atoms with Gasteiger partial charge in [0.1, 0.15) is 11.5 Å². The Hall–Kier alpha value is -2.05. The van der Waals surface area contributed by atoms with Crippen LogP contribution in [0.4, 0.5) is 0 Å². The maximum absolute atomic E-state index is 6.45. The van der Waals surface area contributed by atoms with Crippen molar-refractivity contribution in [1.29, 1.82) is 0 Å². The van der Waals surface area contributed by atoms with Crippen molar-refractivity contribution in [2.24, 2.45) is 0 Å². The van der Waals surface area contributed by atoms with Crippen LogP contribution in [-0.2, 0) is 0 Å². The Morgan fingerprint density at radius 2 is 1.27 bits per heavy atom. The molecule has 0 spiro atoms. The van der Waals surface area contributed by atoms with Crippen LogP contribution in [0.15, 0.2) is 72.1 Å². The zero-order valence-corrected chi connectivity index (χ0v) is 16.9. The van der Waals surface area contributed by atoms with Gasteiger partial charge < -0.3 is 9.05 Å². The van der Waals surface area contributed by atoms with Gasteiger partial charge in [0, 0.05) is 0 Å². The summed E-state index contributed by atoms with van der Waals surface area (Å²) in [4.78, 5) is 0. The molecule has 2 aromatic carbocycles. The first kappa shape index (κ1) is 18.7. The molecule has 3 heteroatoms. The summed E-state index contributed by atoms with van der Waals surface area (Å²) in [5.74, 6) is 2.63. The van der Waals surface area contributed by atoms with Gasteiger partial charge in [-0.25, -0.2) is 0 Å². The van der Waals surface area contributed by atoms with Gasteiger partial charge in [0.05, 0.1) is 5.31 Å². The third kappa shape index (κ3) is 4.37. The maximum atomic E-state index is 6.45. The Morgan fingerprint density at radius 1 is 0.769 bits per heavy atom. The molecule has 0 saturated carbocycles. The Balaban J connectivity index is 1.92. The average molecular weight is 366 g/mol. The Labute approximate surface area is 158 Å². The molecular formula is C23H27O2P. The fourth-order valence-electron chi connectivity index (χ4n) is 2.96. The van der Waals surface area contributed by atoms with Crippen LogP contribution < -0.4 is 9.05 Å². The van der Waals surface area contributed by atoms with Gasteiger partial charge in [0.25, 0.3) is 0 Å². The molecule has 0 saturated heterocycles. The van der Waals surface area contributed by atoms with E-state index in [0.717, 1.165) is 23.2 Å². The highest BCUT2D eigenvalue weighted by Gasteiger charge is 2.24. The van der Waals surface area contributed by atoms with Gasteiger partial charge in [-0.05, 0) is 41.5 Å². The first-order valence-corrected chi connectivity index (χ1v) is 10.4. The summed E-state index contributed by atoms with van der Waals surface area (Å²) >= 11 is 0. The van der Waals surface area contributed by atoms with E-state index < -0.39 is 8.38 Å². The number of allylic oxidation sites excluding steroid dienone is 4. The van der Waals surface area contributed by atoms with Crippen molar-refractivity contribution in [3.8, 4) is 11.5 Å². The predicted molar refractivity (Wildman–Crippen MR) is 111 cm³/mol. The molecule has 0 aromatic heterocycles. The van der Waals surface area contributed by atoms with Crippen LogP contribution in [0.5, 0.6) is 11.5 Å². The lowest BCUT2D eigenvalue weighted by atomic mass is 10.0. The zero-order valence-electron chi connectivity index (χ0n) is 16.0. The first-order valence-electron chi connectivity index (χ1n) is 9.27. The standard InChI is InChI=1S/C23H27O2P/c1-17(2)20-13-7-9-15-22(20)24-26(19-11-5-6-12-19)25-23-16-10-8-14-21(23)18(3)4/h5,7-18H,6H2,1-4H3. The SMILES string of the molecule is CC(C)c1ccccc1OP(Oc1ccccc1C(C)C)C1=CCC=C1. The van der Waals surface area contributed by atoms with Gasteiger partial charge >= 0.3 is 8.38 Å². The largest absolute Gasteiger partial charge is 0.435 e. The van der Waals surface area contributed by atoms with Crippen LogP contribution >= 0.6 is 8.38 Å². The summed E-state index contributed by atoms with van der Waals surface area (Å²) in [6, 6.07) is 16.5. The molecular weight excluding hydrogens is 339 g/mol. The van der Waals surface area contributed by atoms with Crippen LogP contribution in [-0.4, -0.2) is 0 Å². The third-order valence-corrected chi connectivity index (χ3v) is 5.89. The second-order valence-electron chi connectivity index (χ2n) is 7.09. The van der Waals surface area contributed by atoms with E-state index in [9.17, 15) is 0 Å². The number of hydrogen-bond donors (Lipinski definition) is 0. The molecule has 0 heterocycles. The van der Waals surface area contributed by atoms with Crippen molar-refractivity contribution in [3.05, 3.63) is 83.2 Å². The van der Waals surface area contributed by atoms with Gasteiger partial charge in [-0.15, -0.1) is 0 Å². The van der Waals surface area contributed by atoms with Gasteiger partial charge in [0.15, 0.2) is 0 Å². The van der Waals surface area contributed by atoms with E-state index in [-0.39, 0.29) is 0 Å². The number of rotatable bonds is 7. The van der Waals surface area contributed by atoms with Crippen LogP contribution in [0.25, 0.3) is 0 Å². The quantitative estimate of drug-likeness (QED) is 0.471. The summed E-state index contributed by atoms with van der Waals surface area (Å²) in [6.07, 6.45) is 7.42. The first-order chi connectivity index (χ1) is 12.6. The molecule has 2 nitrogen and oxygen atoms in total. The molecule has 2 aromatic rings. The molecule has 1 aliphatic rings. The summed E-state index contributed by atoms with van der Waals surface area (Å²) in [7, 11) is -1.22. The molecule has 1 aliphatic carbocycles. The fourth-order valence-corrected chi connectivity index (χ4v) is 4.38. The van der Waals surface area contributed by atoms with E-state index >= 15 is 0 Å². The maximum Gasteiger partial charge on any atom is 0.325 e. The molecule has 0 unspecified atom stereocenters. The lowest BCUT2D eigenvalue weighted by Gasteiger charge is -2.23. The molecule has 0 amide bonds. The number of para-hydroxylation sites is 2. The zero-order chi connectivity index (χ0) is 18.5. The predicted octanol–water partition coefficient (Wildman–Crippen LogP) is 7.55. The molecule has 0 N–H and O–H groups in total. The molecule has 0 atom stereocenters. The minimum atomic E-state index is -1.22. The molecule has 0 aliphatic heterocycles. The number of hydrogen-bond acceptors (Lipinski definition) is 2. The molecule has 0 bridgehead atoms. The smallest absolute Gasteiger partial charge is 0.325 e. The van der Waals surface area contributed by atoms with Gasteiger partial charge in [-0.1, -0.05) is 82.3 Å². The molecule has 0 radical (unpaired) electrons. The third-order valence-electron chi connectivity index (χ3n) is 4.41. The van der Waals surface area contributed by atoms with Gasteiger partial charge in [-0.3, -0.25) is 0 Å². The van der Waals surface area contributed by atoms with E-state index in [1.807, 2.05) is 24.3 Å². The highest BCUT2D eigenvalue weighted by molar-refractivity contribution is 7.53. The summed E-state index contributed by atoms with van der Waals surface area (Å²) < 4.78 is 12.9. The van der Waals surface area contributed by atoms with Crippen molar-refractivity contribution >= 4 is 8.38 Å². The van der Waals surface area contributed by atoms with Crippen molar-refractivity contribution in [2.75, 3.05) is 0 Å². The van der Waals surface area contributed by atoms with Gasteiger partial charge in [0.2, 0.25) is 0 Å². The minimum Gasteiger partial charge on any atom is -0.435 e. The lowest BCUT2D eigenvalue weighted by Crippen LogP contribution is -2.02. The molecule has 26 heavy (non-hydrogen) atoms. The summed E-state index contributed by atoms with van der Waals surface area (Å²) in [5.41, 5.74) is 2.42. The highest BCUT2D eigenvalue weighted by Crippen LogP contribution is 2.51. The van der Waals surface area contributed by atoms with E-state index in [4.69, 9.17) is 9.05 Å². The van der Waals surface area contributed by atoms with Crippen LogP contribution in [0.1, 0.15) is 57.1 Å². The van der Waals surface area contributed by atoms with E-state index in [1.165, 1.54) is 11.1 Å². The molecule has 3 rings (SSSR count). The fraction of sp³-hybridized carbons (Fsp3) is 0.304. The van der Waals surface area contributed by atoms with E-state index in [0.29, 0.717) is 11.8 Å². The van der Waals surface area contributed by atoms with E-state index in [2.05, 4.69) is 70.2 Å². The summed E-state index contributed by atoms with van der Waals surface area (Å²) in [6.45, 7) is 8.75. The van der Waals surface area contributed by atoms with Crippen LogP contribution in [0.3, 0.4) is 0 Å². The van der Waals surface area contributed by atoms with Crippen molar-refractivity contribution < 1.29 is 9.05 Å².